The number of amides is 1. The number of alkyl halides is 3. The van der Waals surface area contributed by atoms with Gasteiger partial charge >= 0.3 is 6.36 Å². The van der Waals surface area contributed by atoms with E-state index in [2.05, 4.69) is 20.0 Å². The van der Waals surface area contributed by atoms with E-state index in [0.29, 0.717) is 23.5 Å². The van der Waals surface area contributed by atoms with Gasteiger partial charge in [-0.05, 0) is 81.2 Å². The van der Waals surface area contributed by atoms with Gasteiger partial charge in [0.05, 0.1) is 17.0 Å². The lowest BCUT2D eigenvalue weighted by Crippen LogP contribution is -2.31. The Morgan fingerprint density at radius 3 is 2.33 bits per heavy atom. The quantitative estimate of drug-likeness (QED) is 0.303. The molecule has 0 saturated heterocycles. The molecule has 0 aliphatic heterocycles. The number of ether oxygens (including phenoxy) is 1. The van der Waals surface area contributed by atoms with E-state index < -0.39 is 6.36 Å². The minimum absolute atomic E-state index is 0.132. The Kier molecular flexibility index (Phi) is 12.0. The normalized spacial score (nSPS) is 16.8. The molecule has 9 heteroatoms. The van der Waals surface area contributed by atoms with Crippen molar-refractivity contribution in [3.63, 3.8) is 0 Å². The summed E-state index contributed by atoms with van der Waals surface area (Å²) >= 11 is 0. The van der Waals surface area contributed by atoms with Crippen molar-refractivity contribution in [2.45, 2.75) is 79.5 Å². The maximum Gasteiger partial charge on any atom is 0.573 e. The highest BCUT2D eigenvalue weighted by Crippen LogP contribution is 2.38. The number of halogens is 4. The number of hydrogen-bond acceptors (Lipinski definition) is 3. The highest BCUT2D eigenvalue weighted by Gasteiger charge is 2.33. The number of para-hydroxylation sites is 1. The van der Waals surface area contributed by atoms with E-state index in [1.54, 1.807) is 38.2 Å². The molecule has 2 N–H and O–H groups in total. The van der Waals surface area contributed by atoms with Crippen molar-refractivity contribution in [3.8, 4) is 17.0 Å². The number of rotatable bonds is 6. The van der Waals surface area contributed by atoms with Crippen LogP contribution in [0.4, 0.5) is 17.6 Å². The Morgan fingerprint density at radius 2 is 1.69 bits per heavy atom. The summed E-state index contributed by atoms with van der Waals surface area (Å²) in [6, 6.07) is 9.07. The number of nitrogens with zero attached hydrogens (tertiary/aromatic N) is 1. The van der Waals surface area contributed by atoms with Gasteiger partial charge < -0.3 is 15.0 Å². The van der Waals surface area contributed by atoms with Crippen molar-refractivity contribution in [1.82, 2.24) is 15.3 Å². The van der Waals surface area contributed by atoms with Crippen LogP contribution in [0.15, 0.2) is 42.6 Å². The van der Waals surface area contributed by atoms with Crippen LogP contribution in [0.5, 0.6) is 5.75 Å². The van der Waals surface area contributed by atoms with Gasteiger partial charge in [0.15, 0.2) is 0 Å². The summed E-state index contributed by atoms with van der Waals surface area (Å²) in [7, 11) is 0. The average molecular weight is 550 g/mol. The summed E-state index contributed by atoms with van der Waals surface area (Å²) in [4.78, 5) is 20.0. The third-order valence-electron chi connectivity index (χ3n) is 6.51. The van der Waals surface area contributed by atoms with Gasteiger partial charge in [0.2, 0.25) is 0 Å². The molecule has 2 heterocycles. The predicted octanol–water partition coefficient (Wildman–Crippen LogP) is 8.49. The first-order valence-corrected chi connectivity index (χ1v) is 13.6. The van der Waals surface area contributed by atoms with Gasteiger partial charge in [-0.15, -0.1) is 13.2 Å². The van der Waals surface area contributed by atoms with Crippen LogP contribution in [0.1, 0.15) is 86.6 Å². The Labute approximate surface area is 228 Å². The summed E-state index contributed by atoms with van der Waals surface area (Å²) in [6.07, 6.45) is 0.0977. The molecule has 1 saturated carbocycles. The summed E-state index contributed by atoms with van der Waals surface area (Å²) < 4.78 is 57.2. The second-order valence-corrected chi connectivity index (χ2v) is 9.01. The van der Waals surface area contributed by atoms with Crippen LogP contribution in [0.3, 0.4) is 0 Å². The van der Waals surface area contributed by atoms with E-state index in [1.165, 1.54) is 18.2 Å². The fourth-order valence-corrected chi connectivity index (χ4v) is 4.76. The first-order valence-electron chi connectivity index (χ1n) is 13.6. The van der Waals surface area contributed by atoms with Gasteiger partial charge in [-0.3, -0.25) is 9.78 Å². The van der Waals surface area contributed by atoms with Gasteiger partial charge in [-0.2, -0.15) is 0 Å². The number of hydrogen-bond donors (Lipinski definition) is 2. The monoisotopic (exact) mass is 549 g/mol. The van der Waals surface area contributed by atoms with E-state index in [1.807, 2.05) is 27.7 Å². The van der Waals surface area contributed by atoms with Gasteiger partial charge in [-0.1, -0.05) is 39.8 Å². The highest BCUT2D eigenvalue weighted by molar-refractivity contribution is 6.01. The lowest BCUT2D eigenvalue weighted by molar-refractivity contribution is -0.274. The van der Waals surface area contributed by atoms with Crippen LogP contribution in [-0.4, -0.2) is 28.8 Å². The average Bonchev–Trinajstić information content (AvgIpc) is 3.32. The molecule has 1 amide bonds. The molecular weight excluding hydrogens is 510 g/mol. The molecular formula is C30H39F4N3O2. The first-order chi connectivity index (χ1) is 18.6. The van der Waals surface area contributed by atoms with Gasteiger partial charge in [0.1, 0.15) is 11.6 Å². The van der Waals surface area contributed by atoms with Crippen LogP contribution < -0.4 is 10.1 Å². The zero-order valence-corrected chi connectivity index (χ0v) is 23.5. The van der Waals surface area contributed by atoms with Crippen molar-refractivity contribution in [2.24, 2.45) is 5.92 Å². The van der Waals surface area contributed by atoms with Crippen molar-refractivity contribution >= 4 is 5.91 Å². The zero-order chi connectivity index (χ0) is 29.2. The third-order valence-corrected chi connectivity index (χ3v) is 6.51. The van der Waals surface area contributed by atoms with Gasteiger partial charge in [0.25, 0.3) is 5.91 Å². The van der Waals surface area contributed by atoms with E-state index in [9.17, 15) is 22.4 Å². The summed E-state index contributed by atoms with van der Waals surface area (Å²) in [5.41, 5.74) is 2.42. The molecule has 1 fully saturated rings. The van der Waals surface area contributed by atoms with Gasteiger partial charge in [-0.25, -0.2) is 4.39 Å². The summed E-state index contributed by atoms with van der Waals surface area (Å²) in [6.45, 7) is 11.8. The van der Waals surface area contributed by atoms with E-state index in [4.69, 9.17) is 0 Å². The van der Waals surface area contributed by atoms with Crippen LogP contribution in [-0.2, 0) is 0 Å². The van der Waals surface area contributed by atoms with Gasteiger partial charge in [0, 0.05) is 24.0 Å². The van der Waals surface area contributed by atoms with Crippen molar-refractivity contribution in [3.05, 3.63) is 70.9 Å². The molecule has 0 radical (unpaired) electrons. The standard InChI is InChI=1S/C26H27F4N3O2.2C2H6/c1-15-13-21(24(33-15)20-5-3-4-6-22(20)35-26(28,29)30)25(34)32-14-17-7-9-18(10-8-17)19-11-12-31-16(2)23(19)27;2*1-2/h3-6,11-13,17-18,33H,7-10,14H2,1-2H3,(H,32,34);2*1-2H3. The van der Waals surface area contributed by atoms with E-state index in [-0.39, 0.29) is 46.1 Å². The van der Waals surface area contributed by atoms with Crippen molar-refractivity contribution < 1.29 is 27.1 Å². The van der Waals surface area contributed by atoms with E-state index in [0.717, 1.165) is 25.7 Å². The van der Waals surface area contributed by atoms with E-state index >= 15 is 0 Å². The molecule has 39 heavy (non-hydrogen) atoms. The number of aromatic amines is 1. The lowest BCUT2D eigenvalue weighted by Gasteiger charge is -2.29. The second kappa shape index (κ2) is 14.7. The fourth-order valence-electron chi connectivity index (χ4n) is 4.76. The minimum Gasteiger partial charge on any atom is -0.405 e. The molecule has 1 aliphatic rings. The SMILES string of the molecule is CC.CC.Cc1cc(C(=O)NCC2CCC(c3ccnc(C)c3F)CC2)c(-c2ccccc2OC(F)(F)F)[nH]1. The van der Waals surface area contributed by atoms with Crippen LogP contribution in [0.2, 0.25) is 0 Å². The third kappa shape index (κ3) is 8.57. The molecule has 4 rings (SSSR count). The van der Waals surface area contributed by atoms with Crippen LogP contribution in [0.25, 0.3) is 11.3 Å². The fraction of sp³-hybridized carbons (Fsp3) is 0.467. The topological polar surface area (TPSA) is 67.0 Å². The minimum atomic E-state index is -4.85. The molecule has 0 bridgehead atoms. The molecule has 1 aromatic carbocycles. The largest absolute Gasteiger partial charge is 0.573 e. The summed E-state index contributed by atoms with van der Waals surface area (Å²) in [5, 5.41) is 2.93. The molecule has 0 spiro atoms. The number of carbonyl (C=O) groups excluding carboxylic acids is 1. The Balaban J connectivity index is 0.00000127. The Bertz CT molecular complexity index is 1200. The predicted molar refractivity (Wildman–Crippen MR) is 146 cm³/mol. The Hall–Kier alpha value is -3.36. The molecule has 0 atom stereocenters. The number of benzene rings is 1. The second-order valence-electron chi connectivity index (χ2n) is 9.01. The molecule has 1 aliphatic carbocycles. The molecule has 3 aromatic rings. The number of aryl methyl sites for hydroxylation is 2. The lowest BCUT2D eigenvalue weighted by atomic mass is 9.78. The Morgan fingerprint density at radius 1 is 1.05 bits per heavy atom. The molecule has 0 unspecified atom stereocenters. The maximum atomic E-state index is 14.4. The maximum absolute atomic E-state index is 14.4. The first kappa shape index (κ1) is 31.9. The van der Waals surface area contributed by atoms with Crippen LogP contribution >= 0.6 is 0 Å². The van der Waals surface area contributed by atoms with Crippen LogP contribution in [0, 0.1) is 25.6 Å². The molecule has 214 valence electrons. The smallest absolute Gasteiger partial charge is 0.405 e. The van der Waals surface area contributed by atoms with Crippen molar-refractivity contribution in [2.75, 3.05) is 6.54 Å². The number of pyridine rings is 1. The highest BCUT2D eigenvalue weighted by atomic mass is 19.4. The molecule has 2 aromatic heterocycles. The van der Waals surface area contributed by atoms with Crippen molar-refractivity contribution in [1.29, 1.82) is 0 Å². The number of carbonyl (C=O) groups is 1. The number of nitrogens with one attached hydrogen (secondary N) is 2. The number of aromatic nitrogens is 2. The molecule has 5 nitrogen and oxygen atoms in total. The summed E-state index contributed by atoms with van der Waals surface area (Å²) in [5.74, 6) is -0.621. The zero-order valence-electron chi connectivity index (χ0n) is 23.5. The number of H-pyrrole nitrogens is 1.